The number of hydrogen-bond acceptors (Lipinski definition) is 2. The van der Waals surface area contributed by atoms with Crippen LogP contribution in [-0.2, 0) is 5.41 Å². The van der Waals surface area contributed by atoms with E-state index in [1.807, 2.05) is 6.07 Å². The first-order valence-corrected chi connectivity index (χ1v) is 12.1. The summed E-state index contributed by atoms with van der Waals surface area (Å²) in [7, 11) is 0. The molecule has 0 saturated heterocycles. The maximum atomic E-state index is 6.23. The van der Waals surface area contributed by atoms with Crippen molar-refractivity contribution >= 4 is 33.3 Å². The van der Waals surface area contributed by atoms with Crippen molar-refractivity contribution in [1.82, 2.24) is 0 Å². The summed E-state index contributed by atoms with van der Waals surface area (Å²) in [6.07, 6.45) is 0. The molecule has 0 unspecified atom stereocenters. The molecule has 168 valence electrons. The van der Waals surface area contributed by atoms with Crippen molar-refractivity contribution in [3.8, 4) is 22.3 Å². The van der Waals surface area contributed by atoms with E-state index in [0.717, 1.165) is 33.3 Å². The zero-order valence-electron chi connectivity index (χ0n) is 19.8. The second-order valence-electron chi connectivity index (χ2n) is 9.95. The molecule has 0 fully saturated rings. The summed E-state index contributed by atoms with van der Waals surface area (Å²) in [5.74, 6) is 0. The Bertz CT molecular complexity index is 1740. The van der Waals surface area contributed by atoms with E-state index in [9.17, 15) is 0 Å². The number of rotatable bonds is 3. The zero-order chi connectivity index (χ0) is 23.6. The van der Waals surface area contributed by atoms with Crippen molar-refractivity contribution in [1.29, 1.82) is 0 Å². The fourth-order valence-electron chi connectivity index (χ4n) is 5.61. The van der Waals surface area contributed by atoms with Gasteiger partial charge in [0, 0.05) is 33.6 Å². The quantitative estimate of drug-likeness (QED) is 0.290. The molecule has 0 aliphatic heterocycles. The number of nitrogens with one attached hydrogen (secondary N) is 1. The van der Waals surface area contributed by atoms with Gasteiger partial charge in [-0.3, -0.25) is 0 Å². The minimum atomic E-state index is -0.0111. The van der Waals surface area contributed by atoms with Crippen molar-refractivity contribution in [3.05, 3.63) is 120 Å². The molecule has 0 amide bonds. The molecular weight excluding hydrogens is 426 g/mol. The molecule has 2 heteroatoms. The summed E-state index contributed by atoms with van der Waals surface area (Å²) in [5, 5.41) is 5.89. The lowest BCUT2D eigenvalue weighted by Gasteiger charge is -2.22. The van der Waals surface area contributed by atoms with Crippen LogP contribution >= 0.6 is 0 Å². The summed E-state index contributed by atoms with van der Waals surface area (Å²) in [6.45, 7) is 4.62. The lowest BCUT2D eigenvalue weighted by atomic mass is 9.82. The Morgan fingerprint density at radius 2 is 1.29 bits per heavy atom. The van der Waals surface area contributed by atoms with E-state index >= 15 is 0 Å². The molecule has 0 spiro atoms. The first-order chi connectivity index (χ1) is 17.1. The summed E-state index contributed by atoms with van der Waals surface area (Å²) >= 11 is 0. The van der Waals surface area contributed by atoms with Crippen LogP contribution in [0.4, 0.5) is 11.4 Å². The number of benzene rings is 5. The molecular formula is C33H25NO. The van der Waals surface area contributed by atoms with Crippen LogP contribution in [-0.4, -0.2) is 0 Å². The zero-order valence-corrected chi connectivity index (χ0v) is 19.8. The number of hydrogen-bond donors (Lipinski definition) is 1. The first kappa shape index (κ1) is 20.1. The maximum Gasteiger partial charge on any atom is 0.137 e. The predicted molar refractivity (Wildman–Crippen MR) is 146 cm³/mol. The smallest absolute Gasteiger partial charge is 0.137 e. The van der Waals surface area contributed by atoms with Crippen LogP contribution in [0.25, 0.3) is 44.2 Å². The highest BCUT2D eigenvalue weighted by Crippen LogP contribution is 2.49. The van der Waals surface area contributed by atoms with Crippen LogP contribution in [0, 0.1) is 0 Å². The average Bonchev–Trinajstić information content (AvgIpc) is 3.36. The molecule has 7 rings (SSSR count). The van der Waals surface area contributed by atoms with E-state index in [4.69, 9.17) is 4.42 Å². The van der Waals surface area contributed by atoms with Crippen LogP contribution in [0.5, 0.6) is 0 Å². The van der Waals surface area contributed by atoms with Gasteiger partial charge in [0.25, 0.3) is 0 Å². The minimum absolute atomic E-state index is 0.0111. The SMILES string of the molecule is CC1(C)c2ccccc2-c2ccc(Nc3ccc4c(c3)oc3ccc(-c5ccccc5)cc34)cc21. The Balaban J connectivity index is 1.25. The lowest BCUT2D eigenvalue weighted by molar-refractivity contribution is 0.660. The Labute approximate surface area is 204 Å². The molecule has 1 N–H and O–H groups in total. The largest absolute Gasteiger partial charge is 0.456 e. The van der Waals surface area contributed by atoms with Crippen LogP contribution in [0.2, 0.25) is 0 Å². The van der Waals surface area contributed by atoms with Gasteiger partial charge in [-0.25, -0.2) is 0 Å². The van der Waals surface area contributed by atoms with E-state index in [2.05, 4.69) is 122 Å². The van der Waals surface area contributed by atoms with Gasteiger partial charge in [0.05, 0.1) is 0 Å². The summed E-state index contributed by atoms with van der Waals surface area (Å²) in [5.41, 5.74) is 11.7. The minimum Gasteiger partial charge on any atom is -0.456 e. The predicted octanol–water partition coefficient (Wildman–Crippen LogP) is 9.30. The molecule has 1 heterocycles. The van der Waals surface area contributed by atoms with Crippen molar-refractivity contribution < 1.29 is 4.42 Å². The van der Waals surface area contributed by atoms with E-state index in [0.29, 0.717) is 0 Å². The first-order valence-electron chi connectivity index (χ1n) is 12.1. The Morgan fingerprint density at radius 1 is 0.543 bits per heavy atom. The highest BCUT2D eigenvalue weighted by atomic mass is 16.3. The fraction of sp³-hybridized carbons (Fsp3) is 0.0909. The third-order valence-electron chi connectivity index (χ3n) is 7.45. The van der Waals surface area contributed by atoms with E-state index in [1.165, 1.54) is 33.4 Å². The van der Waals surface area contributed by atoms with Crippen LogP contribution in [0.15, 0.2) is 114 Å². The van der Waals surface area contributed by atoms with Gasteiger partial charge in [0.1, 0.15) is 11.2 Å². The summed E-state index contributed by atoms with van der Waals surface area (Å²) in [4.78, 5) is 0. The Hall–Kier alpha value is -4.30. The van der Waals surface area contributed by atoms with Gasteiger partial charge in [-0.05, 0) is 69.8 Å². The summed E-state index contributed by atoms with van der Waals surface area (Å²) in [6, 6.07) is 38.8. The lowest BCUT2D eigenvalue weighted by Crippen LogP contribution is -2.15. The van der Waals surface area contributed by atoms with Gasteiger partial charge < -0.3 is 9.73 Å². The molecule has 0 atom stereocenters. The number of fused-ring (bicyclic) bond motifs is 6. The Kier molecular flexibility index (Phi) is 4.22. The van der Waals surface area contributed by atoms with Crippen LogP contribution in [0.3, 0.4) is 0 Å². The molecule has 0 saturated carbocycles. The molecule has 35 heavy (non-hydrogen) atoms. The monoisotopic (exact) mass is 451 g/mol. The third kappa shape index (κ3) is 3.10. The molecule has 1 aromatic heterocycles. The second kappa shape index (κ2) is 7.35. The number of anilines is 2. The molecule has 0 radical (unpaired) electrons. The van der Waals surface area contributed by atoms with Crippen molar-refractivity contribution in [2.45, 2.75) is 19.3 Å². The molecule has 2 nitrogen and oxygen atoms in total. The maximum absolute atomic E-state index is 6.23. The second-order valence-corrected chi connectivity index (χ2v) is 9.95. The van der Waals surface area contributed by atoms with Crippen molar-refractivity contribution in [2.24, 2.45) is 0 Å². The van der Waals surface area contributed by atoms with Crippen molar-refractivity contribution in [3.63, 3.8) is 0 Å². The van der Waals surface area contributed by atoms with Gasteiger partial charge in [-0.1, -0.05) is 80.6 Å². The fourth-order valence-corrected chi connectivity index (χ4v) is 5.61. The highest BCUT2D eigenvalue weighted by Gasteiger charge is 2.35. The third-order valence-corrected chi connectivity index (χ3v) is 7.45. The van der Waals surface area contributed by atoms with Crippen LogP contribution in [0.1, 0.15) is 25.0 Å². The molecule has 6 aromatic rings. The van der Waals surface area contributed by atoms with E-state index in [1.54, 1.807) is 0 Å². The van der Waals surface area contributed by atoms with E-state index in [-0.39, 0.29) is 5.41 Å². The topological polar surface area (TPSA) is 25.2 Å². The van der Waals surface area contributed by atoms with Crippen LogP contribution < -0.4 is 5.32 Å². The van der Waals surface area contributed by atoms with Gasteiger partial charge in [0.2, 0.25) is 0 Å². The molecule has 5 aromatic carbocycles. The average molecular weight is 452 g/mol. The molecule has 1 aliphatic carbocycles. The normalized spacial score (nSPS) is 13.7. The van der Waals surface area contributed by atoms with Crippen molar-refractivity contribution in [2.75, 3.05) is 5.32 Å². The van der Waals surface area contributed by atoms with Gasteiger partial charge >= 0.3 is 0 Å². The Morgan fingerprint density at radius 3 is 2.17 bits per heavy atom. The van der Waals surface area contributed by atoms with Gasteiger partial charge in [-0.15, -0.1) is 0 Å². The van der Waals surface area contributed by atoms with Gasteiger partial charge in [0.15, 0.2) is 0 Å². The number of furan rings is 1. The standard InChI is InChI=1S/C33H25NO/c1-33(2)29-11-7-6-10-25(29)26-15-13-23(19-30(26)33)34-24-14-16-27-28-18-22(21-8-4-3-5-9-21)12-17-31(28)35-32(27)20-24/h3-20,34H,1-2H3. The highest BCUT2D eigenvalue weighted by molar-refractivity contribution is 6.07. The summed E-state index contributed by atoms with van der Waals surface area (Å²) < 4.78 is 6.23. The van der Waals surface area contributed by atoms with Gasteiger partial charge in [-0.2, -0.15) is 0 Å². The van der Waals surface area contributed by atoms with E-state index < -0.39 is 0 Å². The molecule has 1 aliphatic rings. The molecule has 0 bridgehead atoms.